The highest BCUT2D eigenvalue weighted by molar-refractivity contribution is 5.88. The van der Waals surface area contributed by atoms with E-state index < -0.39 is 5.92 Å². The van der Waals surface area contributed by atoms with Gasteiger partial charge in [0.2, 0.25) is 0 Å². The molecule has 1 aliphatic carbocycles. The highest BCUT2D eigenvalue weighted by Gasteiger charge is 2.41. The Hall–Kier alpha value is -0.840. The molecule has 0 aromatic heterocycles. The van der Waals surface area contributed by atoms with Crippen LogP contribution in [0.4, 0.5) is 0 Å². The van der Waals surface area contributed by atoms with Crippen molar-refractivity contribution in [3.05, 3.63) is 0 Å². The number of ketones is 1. The van der Waals surface area contributed by atoms with Gasteiger partial charge in [-0.3, -0.25) is 4.79 Å². The quantitative estimate of drug-likeness (QED) is 0.668. The molecular weight excluding hydrogens is 162 g/mol. The van der Waals surface area contributed by atoms with Gasteiger partial charge in [-0.1, -0.05) is 19.8 Å². The monoisotopic (exact) mass is 179 g/mol. The predicted octanol–water partition coefficient (Wildman–Crippen LogP) is 2.69. The van der Waals surface area contributed by atoms with Crippen LogP contribution in [0, 0.1) is 22.7 Å². The van der Waals surface area contributed by atoms with Crippen LogP contribution in [0.2, 0.25) is 0 Å². The zero-order chi connectivity index (χ0) is 9.90. The van der Waals surface area contributed by atoms with Crippen molar-refractivity contribution in [3.63, 3.8) is 0 Å². The van der Waals surface area contributed by atoms with Crippen molar-refractivity contribution in [2.24, 2.45) is 11.3 Å². The first kappa shape index (κ1) is 10.2. The topological polar surface area (TPSA) is 40.9 Å². The third kappa shape index (κ3) is 1.75. The van der Waals surface area contributed by atoms with Gasteiger partial charge in [0.05, 0.1) is 6.07 Å². The van der Waals surface area contributed by atoms with Crippen molar-refractivity contribution in [2.75, 3.05) is 0 Å². The first-order valence-electron chi connectivity index (χ1n) is 5.10. The van der Waals surface area contributed by atoms with E-state index in [1.54, 1.807) is 6.92 Å². The largest absolute Gasteiger partial charge is 0.298 e. The molecule has 0 heterocycles. The minimum absolute atomic E-state index is 0.144. The Kier molecular flexibility index (Phi) is 3.08. The molecule has 0 radical (unpaired) electrons. The molecule has 0 aromatic carbocycles. The van der Waals surface area contributed by atoms with E-state index >= 15 is 0 Å². The molecule has 0 spiro atoms. The summed E-state index contributed by atoms with van der Waals surface area (Å²) < 4.78 is 0. The molecule has 2 heteroatoms. The van der Waals surface area contributed by atoms with Crippen LogP contribution < -0.4 is 0 Å². The lowest BCUT2D eigenvalue weighted by Gasteiger charge is -2.26. The van der Waals surface area contributed by atoms with Crippen LogP contribution >= 0.6 is 0 Å². The maximum absolute atomic E-state index is 11.9. The van der Waals surface area contributed by atoms with Crippen molar-refractivity contribution >= 4 is 5.78 Å². The van der Waals surface area contributed by atoms with E-state index in [1.807, 2.05) is 0 Å². The molecule has 72 valence electrons. The Balaban J connectivity index is 2.78. The number of rotatable bonds is 3. The van der Waals surface area contributed by atoms with Gasteiger partial charge in [-0.2, -0.15) is 5.26 Å². The standard InChI is InChI=1S/C11H17NO/c1-3-11(6-4-5-7-11)10(13)9(2)8-12/h9H,3-7H2,1-2H3. The Labute approximate surface area is 79.9 Å². The zero-order valence-corrected chi connectivity index (χ0v) is 8.47. The van der Waals surface area contributed by atoms with Crippen LogP contribution in [0.15, 0.2) is 0 Å². The molecule has 2 nitrogen and oxygen atoms in total. The number of hydrogen-bond acceptors (Lipinski definition) is 2. The highest BCUT2D eigenvalue weighted by atomic mass is 16.1. The van der Waals surface area contributed by atoms with Crippen molar-refractivity contribution < 1.29 is 4.79 Å². The minimum Gasteiger partial charge on any atom is -0.298 e. The molecule has 1 rings (SSSR count). The van der Waals surface area contributed by atoms with Gasteiger partial charge in [0.1, 0.15) is 5.92 Å². The van der Waals surface area contributed by atoms with Gasteiger partial charge in [-0.15, -0.1) is 0 Å². The number of nitrogens with zero attached hydrogens (tertiary/aromatic N) is 1. The molecule has 0 saturated heterocycles. The zero-order valence-electron chi connectivity index (χ0n) is 8.47. The van der Waals surface area contributed by atoms with Gasteiger partial charge in [-0.25, -0.2) is 0 Å². The first-order valence-corrected chi connectivity index (χ1v) is 5.10. The molecule has 1 aliphatic rings. The fourth-order valence-corrected chi connectivity index (χ4v) is 2.34. The maximum atomic E-state index is 11.9. The van der Waals surface area contributed by atoms with E-state index in [1.165, 1.54) is 0 Å². The van der Waals surface area contributed by atoms with E-state index in [2.05, 4.69) is 13.0 Å². The lowest BCUT2D eigenvalue weighted by atomic mass is 9.75. The molecular formula is C11H17NO. The van der Waals surface area contributed by atoms with E-state index in [0.717, 1.165) is 32.1 Å². The molecule has 0 bridgehead atoms. The molecule has 0 aliphatic heterocycles. The highest BCUT2D eigenvalue weighted by Crippen LogP contribution is 2.43. The normalized spacial score (nSPS) is 22.2. The van der Waals surface area contributed by atoms with Crippen LogP contribution in [0.3, 0.4) is 0 Å². The maximum Gasteiger partial charge on any atom is 0.155 e. The molecule has 13 heavy (non-hydrogen) atoms. The number of carbonyl (C=O) groups excluding carboxylic acids is 1. The smallest absolute Gasteiger partial charge is 0.155 e. The number of Topliss-reactive ketones (excluding diaryl/α,β-unsaturated/α-hetero) is 1. The molecule has 1 unspecified atom stereocenters. The summed E-state index contributed by atoms with van der Waals surface area (Å²) in [4.78, 5) is 11.9. The summed E-state index contributed by atoms with van der Waals surface area (Å²) in [5, 5.41) is 8.70. The van der Waals surface area contributed by atoms with Crippen LogP contribution in [0.25, 0.3) is 0 Å². The number of carbonyl (C=O) groups is 1. The minimum atomic E-state index is -0.418. The van der Waals surface area contributed by atoms with Gasteiger partial charge in [0, 0.05) is 5.41 Å². The third-order valence-corrected chi connectivity index (χ3v) is 3.35. The average molecular weight is 179 g/mol. The third-order valence-electron chi connectivity index (χ3n) is 3.35. The van der Waals surface area contributed by atoms with Crippen LogP contribution in [-0.4, -0.2) is 5.78 Å². The van der Waals surface area contributed by atoms with E-state index in [9.17, 15) is 4.79 Å². The van der Waals surface area contributed by atoms with Crippen molar-refractivity contribution in [1.82, 2.24) is 0 Å². The van der Waals surface area contributed by atoms with Crippen LogP contribution in [-0.2, 0) is 4.79 Å². The van der Waals surface area contributed by atoms with Crippen molar-refractivity contribution in [2.45, 2.75) is 46.0 Å². The van der Waals surface area contributed by atoms with E-state index in [0.29, 0.717) is 0 Å². The Morgan fingerprint density at radius 2 is 2.08 bits per heavy atom. The Bertz CT molecular complexity index is 233. The molecule has 1 saturated carbocycles. The number of hydrogen-bond donors (Lipinski definition) is 0. The lowest BCUT2D eigenvalue weighted by molar-refractivity contribution is -0.130. The van der Waals surface area contributed by atoms with E-state index in [4.69, 9.17) is 5.26 Å². The molecule has 0 N–H and O–H groups in total. The summed E-state index contributed by atoms with van der Waals surface area (Å²) in [6.07, 6.45) is 5.19. The summed E-state index contributed by atoms with van der Waals surface area (Å²) in [5.74, 6) is -0.243. The van der Waals surface area contributed by atoms with Gasteiger partial charge in [0.15, 0.2) is 5.78 Å². The SMILES string of the molecule is CCC1(C(=O)C(C)C#N)CCCC1. The predicted molar refractivity (Wildman–Crippen MR) is 51.0 cm³/mol. The van der Waals surface area contributed by atoms with Gasteiger partial charge < -0.3 is 0 Å². The Morgan fingerprint density at radius 3 is 2.46 bits per heavy atom. The second-order valence-corrected chi connectivity index (χ2v) is 4.06. The van der Waals surface area contributed by atoms with Crippen LogP contribution in [0.5, 0.6) is 0 Å². The summed E-state index contributed by atoms with van der Waals surface area (Å²) in [7, 11) is 0. The van der Waals surface area contributed by atoms with Crippen molar-refractivity contribution in [1.29, 1.82) is 5.26 Å². The number of nitriles is 1. The summed E-state index contributed by atoms with van der Waals surface area (Å²) in [6.45, 7) is 3.78. The fraction of sp³-hybridized carbons (Fsp3) is 0.818. The van der Waals surface area contributed by atoms with E-state index in [-0.39, 0.29) is 11.2 Å². The summed E-state index contributed by atoms with van der Waals surface area (Å²) in [5.41, 5.74) is -0.144. The lowest BCUT2D eigenvalue weighted by Crippen LogP contribution is -2.31. The average Bonchev–Trinajstić information content (AvgIpc) is 2.65. The second kappa shape index (κ2) is 3.91. The summed E-state index contributed by atoms with van der Waals surface area (Å²) >= 11 is 0. The van der Waals surface area contributed by atoms with Gasteiger partial charge in [-0.05, 0) is 26.2 Å². The molecule has 0 aromatic rings. The molecule has 0 amide bonds. The molecule has 1 atom stereocenters. The first-order chi connectivity index (χ1) is 6.16. The van der Waals surface area contributed by atoms with Crippen molar-refractivity contribution in [3.8, 4) is 6.07 Å². The second-order valence-electron chi connectivity index (χ2n) is 4.06. The van der Waals surface area contributed by atoms with Gasteiger partial charge in [0.25, 0.3) is 0 Å². The molecule has 1 fully saturated rings. The Morgan fingerprint density at radius 1 is 1.54 bits per heavy atom. The van der Waals surface area contributed by atoms with Gasteiger partial charge >= 0.3 is 0 Å². The summed E-state index contributed by atoms with van der Waals surface area (Å²) in [6, 6.07) is 2.05. The fourth-order valence-electron chi connectivity index (χ4n) is 2.34. The van der Waals surface area contributed by atoms with Crippen LogP contribution in [0.1, 0.15) is 46.0 Å².